The molecule has 2 amide bonds. The zero-order valence-corrected chi connectivity index (χ0v) is 10.9. The van der Waals surface area contributed by atoms with Gasteiger partial charge < -0.3 is 10.6 Å². The quantitative estimate of drug-likeness (QED) is 0.792. The Kier molecular flexibility index (Phi) is 5.91. The zero-order valence-electron chi connectivity index (χ0n) is 10.9. The van der Waals surface area contributed by atoms with Crippen LogP contribution in [0, 0.1) is 5.92 Å². The fourth-order valence-corrected chi connectivity index (χ4v) is 1.42. The van der Waals surface area contributed by atoms with Gasteiger partial charge in [-0.3, -0.25) is 9.59 Å². The van der Waals surface area contributed by atoms with Crippen molar-refractivity contribution < 1.29 is 9.59 Å². The molecule has 18 heavy (non-hydrogen) atoms. The third-order valence-corrected chi connectivity index (χ3v) is 2.53. The molecule has 0 saturated heterocycles. The van der Waals surface area contributed by atoms with Gasteiger partial charge in [-0.05, 0) is 12.0 Å². The standard InChI is InChI=1S/C14H20N2O2/c1-11(2)14(18)16-10-13(17)15-9-8-12-6-4-3-5-7-12/h3-7,11H,8-10H2,1-2H3,(H,15,17)(H,16,18). The van der Waals surface area contributed by atoms with Gasteiger partial charge in [-0.25, -0.2) is 0 Å². The molecular formula is C14H20N2O2. The number of rotatable bonds is 6. The maximum Gasteiger partial charge on any atom is 0.239 e. The van der Waals surface area contributed by atoms with Crippen molar-refractivity contribution in [3.05, 3.63) is 35.9 Å². The lowest BCUT2D eigenvalue weighted by Crippen LogP contribution is -2.39. The minimum atomic E-state index is -0.153. The summed E-state index contributed by atoms with van der Waals surface area (Å²) >= 11 is 0. The number of nitrogens with one attached hydrogen (secondary N) is 2. The summed E-state index contributed by atoms with van der Waals surface area (Å²) in [5, 5.41) is 5.35. The largest absolute Gasteiger partial charge is 0.354 e. The molecule has 0 atom stereocenters. The van der Waals surface area contributed by atoms with Crippen molar-refractivity contribution >= 4 is 11.8 Å². The van der Waals surface area contributed by atoms with Gasteiger partial charge in [0.2, 0.25) is 11.8 Å². The Morgan fingerprint density at radius 3 is 2.39 bits per heavy atom. The summed E-state index contributed by atoms with van der Waals surface area (Å²) in [7, 11) is 0. The van der Waals surface area contributed by atoms with Gasteiger partial charge in [0.25, 0.3) is 0 Å². The lowest BCUT2D eigenvalue weighted by atomic mass is 10.1. The van der Waals surface area contributed by atoms with E-state index in [1.54, 1.807) is 13.8 Å². The monoisotopic (exact) mass is 248 g/mol. The van der Waals surface area contributed by atoms with Gasteiger partial charge in [-0.1, -0.05) is 44.2 Å². The lowest BCUT2D eigenvalue weighted by Gasteiger charge is -2.08. The van der Waals surface area contributed by atoms with Crippen LogP contribution in [0.4, 0.5) is 0 Å². The minimum absolute atomic E-state index is 0.0474. The molecule has 0 spiro atoms. The van der Waals surface area contributed by atoms with Crippen LogP contribution in [0.3, 0.4) is 0 Å². The molecule has 0 aliphatic rings. The molecule has 1 aromatic carbocycles. The normalized spacial score (nSPS) is 10.2. The van der Waals surface area contributed by atoms with E-state index in [0.29, 0.717) is 6.54 Å². The molecule has 98 valence electrons. The maximum absolute atomic E-state index is 11.4. The van der Waals surface area contributed by atoms with E-state index in [0.717, 1.165) is 6.42 Å². The predicted octanol–water partition coefficient (Wildman–Crippen LogP) is 1.12. The summed E-state index contributed by atoms with van der Waals surface area (Å²) in [6, 6.07) is 9.95. The predicted molar refractivity (Wildman–Crippen MR) is 71.0 cm³/mol. The smallest absolute Gasteiger partial charge is 0.239 e. The van der Waals surface area contributed by atoms with Crippen LogP contribution < -0.4 is 10.6 Å². The van der Waals surface area contributed by atoms with E-state index in [9.17, 15) is 9.59 Å². The molecule has 4 nitrogen and oxygen atoms in total. The van der Waals surface area contributed by atoms with Crippen LogP contribution in [0.2, 0.25) is 0 Å². The van der Waals surface area contributed by atoms with E-state index in [4.69, 9.17) is 0 Å². The highest BCUT2D eigenvalue weighted by atomic mass is 16.2. The highest BCUT2D eigenvalue weighted by molar-refractivity contribution is 5.85. The lowest BCUT2D eigenvalue weighted by molar-refractivity contribution is -0.127. The van der Waals surface area contributed by atoms with Crippen LogP contribution in [-0.2, 0) is 16.0 Å². The summed E-state index contributed by atoms with van der Waals surface area (Å²) < 4.78 is 0. The zero-order chi connectivity index (χ0) is 13.4. The molecule has 0 aliphatic carbocycles. The van der Waals surface area contributed by atoms with Gasteiger partial charge in [0.15, 0.2) is 0 Å². The molecule has 0 unspecified atom stereocenters. The van der Waals surface area contributed by atoms with Crippen LogP contribution in [0.15, 0.2) is 30.3 Å². The van der Waals surface area contributed by atoms with E-state index in [-0.39, 0.29) is 24.3 Å². The van der Waals surface area contributed by atoms with Crippen LogP contribution in [0.25, 0.3) is 0 Å². The number of hydrogen-bond donors (Lipinski definition) is 2. The maximum atomic E-state index is 11.4. The Morgan fingerprint density at radius 1 is 1.11 bits per heavy atom. The van der Waals surface area contributed by atoms with Gasteiger partial charge in [0, 0.05) is 12.5 Å². The summed E-state index contributed by atoms with van der Waals surface area (Å²) in [5.74, 6) is -0.352. The summed E-state index contributed by atoms with van der Waals surface area (Å²) in [4.78, 5) is 22.7. The molecular weight excluding hydrogens is 228 g/mol. The number of carbonyl (C=O) groups excluding carboxylic acids is 2. The first-order chi connectivity index (χ1) is 8.59. The molecule has 0 heterocycles. The Labute approximate surface area is 108 Å². The molecule has 4 heteroatoms. The molecule has 0 aliphatic heterocycles. The summed E-state index contributed by atoms with van der Waals surface area (Å²) in [6.45, 7) is 4.22. The molecule has 0 fully saturated rings. The second-order valence-electron chi connectivity index (χ2n) is 4.46. The Balaban J connectivity index is 2.16. The molecule has 0 aromatic heterocycles. The average Bonchev–Trinajstić information content (AvgIpc) is 2.37. The SMILES string of the molecule is CC(C)C(=O)NCC(=O)NCCc1ccccc1. The van der Waals surface area contributed by atoms with E-state index in [1.165, 1.54) is 5.56 Å². The number of carbonyl (C=O) groups is 2. The highest BCUT2D eigenvalue weighted by Crippen LogP contribution is 1.97. The van der Waals surface area contributed by atoms with Crippen molar-refractivity contribution in [3.63, 3.8) is 0 Å². The van der Waals surface area contributed by atoms with E-state index in [1.807, 2.05) is 30.3 Å². The van der Waals surface area contributed by atoms with Gasteiger partial charge in [-0.2, -0.15) is 0 Å². The van der Waals surface area contributed by atoms with Crippen molar-refractivity contribution in [3.8, 4) is 0 Å². The Morgan fingerprint density at radius 2 is 1.78 bits per heavy atom. The summed E-state index contributed by atoms with van der Waals surface area (Å²) in [5.41, 5.74) is 1.18. The number of hydrogen-bond acceptors (Lipinski definition) is 2. The van der Waals surface area contributed by atoms with Crippen molar-refractivity contribution in [1.82, 2.24) is 10.6 Å². The second kappa shape index (κ2) is 7.48. The molecule has 2 N–H and O–H groups in total. The van der Waals surface area contributed by atoms with Gasteiger partial charge in [0.05, 0.1) is 6.54 Å². The molecule has 1 rings (SSSR count). The average molecular weight is 248 g/mol. The topological polar surface area (TPSA) is 58.2 Å². The van der Waals surface area contributed by atoms with Crippen molar-refractivity contribution in [2.24, 2.45) is 5.92 Å². The van der Waals surface area contributed by atoms with Crippen molar-refractivity contribution in [2.75, 3.05) is 13.1 Å². The van der Waals surface area contributed by atoms with Crippen molar-refractivity contribution in [1.29, 1.82) is 0 Å². The third kappa shape index (κ3) is 5.48. The fraction of sp³-hybridized carbons (Fsp3) is 0.429. The van der Waals surface area contributed by atoms with Gasteiger partial charge in [0.1, 0.15) is 0 Å². The number of amides is 2. The van der Waals surface area contributed by atoms with E-state index in [2.05, 4.69) is 10.6 Å². The van der Waals surface area contributed by atoms with Crippen LogP contribution in [0.1, 0.15) is 19.4 Å². The first-order valence-electron chi connectivity index (χ1n) is 6.18. The van der Waals surface area contributed by atoms with E-state index >= 15 is 0 Å². The van der Waals surface area contributed by atoms with Crippen LogP contribution in [-0.4, -0.2) is 24.9 Å². The van der Waals surface area contributed by atoms with Gasteiger partial charge in [-0.15, -0.1) is 0 Å². The Bertz CT molecular complexity index is 388. The molecule has 0 bridgehead atoms. The third-order valence-electron chi connectivity index (χ3n) is 2.53. The first kappa shape index (κ1) is 14.2. The number of benzene rings is 1. The van der Waals surface area contributed by atoms with Crippen LogP contribution >= 0.6 is 0 Å². The molecule has 0 saturated carbocycles. The molecule has 1 aromatic rings. The first-order valence-corrected chi connectivity index (χ1v) is 6.18. The van der Waals surface area contributed by atoms with Crippen LogP contribution in [0.5, 0.6) is 0 Å². The highest BCUT2D eigenvalue weighted by Gasteiger charge is 2.08. The second-order valence-corrected chi connectivity index (χ2v) is 4.46. The minimum Gasteiger partial charge on any atom is -0.354 e. The molecule has 0 radical (unpaired) electrons. The summed E-state index contributed by atoms with van der Waals surface area (Å²) in [6.07, 6.45) is 0.796. The van der Waals surface area contributed by atoms with Crippen molar-refractivity contribution in [2.45, 2.75) is 20.3 Å². The van der Waals surface area contributed by atoms with Gasteiger partial charge >= 0.3 is 0 Å². The Hall–Kier alpha value is -1.84. The fourth-order valence-electron chi connectivity index (χ4n) is 1.42. The van der Waals surface area contributed by atoms with E-state index < -0.39 is 0 Å².